The first-order valence-corrected chi connectivity index (χ1v) is 7.27. The first kappa shape index (κ1) is 14.4. The van der Waals surface area contributed by atoms with Gasteiger partial charge in [0.1, 0.15) is 0 Å². The second-order valence-electron chi connectivity index (χ2n) is 5.99. The second kappa shape index (κ2) is 5.93. The molecule has 2 unspecified atom stereocenters. The zero-order valence-corrected chi connectivity index (χ0v) is 12.7. The van der Waals surface area contributed by atoms with Crippen molar-refractivity contribution in [1.82, 2.24) is 4.90 Å². The normalized spacial score (nSPS) is 25.4. The number of anilines is 1. The average molecular weight is 261 g/mol. The minimum absolute atomic E-state index is 0.406. The van der Waals surface area contributed by atoms with Gasteiger partial charge in [-0.15, -0.1) is 0 Å². The van der Waals surface area contributed by atoms with Crippen LogP contribution >= 0.6 is 0 Å². The van der Waals surface area contributed by atoms with Crippen LogP contribution in [0.4, 0.5) is 5.69 Å². The first-order chi connectivity index (χ1) is 9.02. The predicted molar refractivity (Wildman–Crippen MR) is 82.8 cm³/mol. The molecule has 3 heteroatoms. The van der Waals surface area contributed by atoms with E-state index in [-0.39, 0.29) is 0 Å². The molecule has 0 amide bonds. The molecule has 1 fully saturated rings. The minimum atomic E-state index is 0.406. The standard InChI is InChI=1S/C16H27N3/c1-12-5-6-13(2)16(9-12)19-14(3)7-8-18(4)11-15(19)10-17/h5-6,9,14-15H,7-8,10-11,17H2,1-4H3. The maximum atomic E-state index is 6.04. The maximum absolute atomic E-state index is 6.04. The number of hydrogen-bond acceptors (Lipinski definition) is 3. The number of hydrogen-bond donors (Lipinski definition) is 1. The zero-order valence-electron chi connectivity index (χ0n) is 12.7. The van der Waals surface area contributed by atoms with Crippen LogP contribution in [0.3, 0.4) is 0 Å². The third-order valence-electron chi connectivity index (χ3n) is 4.23. The van der Waals surface area contributed by atoms with Crippen LogP contribution in [0.1, 0.15) is 24.5 Å². The SMILES string of the molecule is Cc1ccc(C)c(N2C(C)CCN(C)CC2CN)c1. The summed E-state index contributed by atoms with van der Waals surface area (Å²) < 4.78 is 0. The Morgan fingerprint density at radius 1 is 1.32 bits per heavy atom. The molecule has 19 heavy (non-hydrogen) atoms. The highest BCUT2D eigenvalue weighted by molar-refractivity contribution is 5.56. The van der Waals surface area contributed by atoms with Crippen LogP contribution in [0.5, 0.6) is 0 Å². The van der Waals surface area contributed by atoms with Crippen LogP contribution in [0.2, 0.25) is 0 Å². The summed E-state index contributed by atoms with van der Waals surface area (Å²) in [5, 5.41) is 0. The molecule has 1 aromatic rings. The summed E-state index contributed by atoms with van der Waals surface area (Å²) in [6, 6.07) is 7.66. The van der Waals surface area contributed by atoms with Crippen molar-refractivity contribution in [3.8, 4) is 0 Å². The summed E-state index contributed by atoms with van der Waals surface area (Å²) in [6.45, 7) is 9.59. The molecular weight excluding hydrogens is 234 g/mol. The summed E-state index contributed by atoms with van der Waals surface area (Å²) in [4.78, 5) is 4.95. The van der Waals surface area contributed by atoms with E-state index < -0.39 is 0 Å². The van der Waals surface area contributed by atoms with Crippen molar-refractivity contribution in [2.45, 2.75) is 39.3 Å². The lowest BCUT2D eigenvalue weighted by Crippen LogP contribution is -2.48. The van der Waals surface area contributed by atoms with Gasteiger partial charge in [0.05, 0.1) is 6.04 Å². The molecule has 2 atom stereocenters. The van der Waals surface area contributed by atoms with Gasteiger partial charge in [-0.1, -0.05) is 12.1 Å². The van der Waals surface area contributed by atoms with Crippen LogP contribution in [0.25, 0.3) is 0 Å². The molecule has 3 nitrogen and oxygen atoms in total. The fourth-order valence-electron chi connectivity index (χ4n) is 3.07. The van der Waals surface area contributed by atoms with E-state index in [1.807, 2.05) is 0 Å². The van der Waals surface area contributed by atoms with Gasteiger partial charge in [-0.25, -0.2) is 0 Å². The second-order valence-corrected chi connectivity index (χ2v) is 5.99. The summed E-state index contributed by atoms with van der Waals surface area (Å²) in [5.74, 6) is 0. The van der Waals surface area contributed by atoms with E-state index in [0.717, 1.165) is 13.1 Å². The molecular formula is C16H27N3. The maximum Gasteiger partial charge on any atom is 0.0542 e. The molecule has 0 spiro atoms. The van der Waals surface area contributed by atoms with Gasteiger partial charge in [-0.05, 0) is 58.0 Å². The zero-order chi connectivity index (χ0) is 14.0. The van der Waals surface area contributed by atoms with Gasteiger partial charge in [0.15, 0.2) is 0 Å². The van der Waals surface area contributed by atoms with Crippen LogP contribution in [-0.2, 0) is 0 Å². The molecule has 1 aliphatic rings. The molecule has 1 heterocycles. The highest BCUT2D eigenvalue weighted by Crippen LogP contribution is 2.28. The van der Waals surface area contributed by atoms with Crippen molar-refractivity contribution < 1.29 is 0 Å². The van der Waals surface area contributed by atoms with Crippen LogP contribution < -0.4 is 10.6 Å². The molecule has 2 rings (SSSR count). The number of likely N-dealkylation sites (N-methyl/N-ethyl adjacent to an activating group) is 1. The third kappa shape index (κ3) is 3.10. The molecule has 106 valence electrons. The molecule has 0 aromatic heterocycles. The van der Waals surface area contributed by atoms with E-state index in [0.29, 0.717) is 18.6 Å². The van der Waals surface area contributed by atoms with Crippen LogP contribution in [0.15, 0.2) is 18.2 Å². The smallest absolute Gasteiger partial charge is 0.0542 e. The Morgan fingerprint density at radius 3 is 2.74 bits per heavy atom. The molecule has 0 bridgehead atoms. The Balaban J connectivity index is 2.39. The number of nitrogens with two attached hydrogens (primary N) is 1. The fraction of sp³-hybridized carbons (Fsp3) is 0.625. The predicted octanol–water partition coefficient (Wildman–Crippen LogP) is 2.16. The van der Waals surface area contributed by atoms with Crippen molar-refractivity contribution in [3.05, 3.63) is 29.3 Å². The van der Waals surface area contributed by atoms with Crippen molar-refractivity contribution in [3.63, 3.8) is 0 Å². The Kier molecular flexibility index (Phi) is 4.48. The Morgan fingerprint density at radius 2 is 2.05 bits per heavy atom. The molecule has 0 saturated carbocycles. The monoisotopic (exact) mass is 261 g/mol. The number of benzene rings is 1. The highest BCUT2D eigenvalue weighted by Gasteiger charge is 2.28. The van der Waals surface area contributed by atoms with Gasteiger partial charge >= 0.3 is 0 Å². The molecule has 0 aliphatic carbocycles. The van der Waals surface area contributed by atoms with Gasteiger partial charge in [0.25, 0.3) is 0 Å². The van der Waals surface area contributed by atoms with Crippen molar-refractivity contribution in [2.75, 3.05) is 31.6 Å². The quantitative estimate of drug-likeness (QED) is 0.885. The van der Waals surface area contributed by atoms with E-state index in [9.17, 15) is 0 Å². The van der Waals surface area contributed by atoms with Gasteiger partial charge in [-0.3, -0.25) is 0 Å². The number of nitrogens with zero attached hydrogens (tertiary/aromatic N) is 2. The largest absolute Gasteiger partial charge is 0.363 e. The van der Waals surface area contributed by atoms with Crippen molar-refractivity contribution >= 4 is 5.69 Å². The molecule has 0 radical (unpaired) electrons. The lowest BCUT2D eigenvalue weighted by Gasteiger charge is -2.37. The topological polar surface area (TPSA) is 32.5 Å². The Bertz CT molecular complexity index is 430. The lowest BCUT2D eigenvalue weighted by molar-refractivity contribution is 0.332. The first-order valence-electron chi connectivity index (χ1n) is 7.27. The summed E-state index contributed by atoms with van der Waals surface area (Å²) in [6.07, 6.45) is 1.19. The van der Waals surface area contributed by atoms with Crippen LogP contribution in [0, 0.1) is 13.8 Å². The minimum Gasteiger partial charge on any atom is -0.363 e. The highest BCUT2D eigenvalue weighted by atomic mass is 15.3. The average Bonchev–Trinajstić information content (AvgIpc) is 2.52. The molecule has 2 N–H and O–H groups in total. The third-order valence-corrected chi connectivity index (χ3v) is 4.23. The van der Waals surface area contributed by atoms with Crippen molar-refractivity contribution in [2.24, 2.45) is 5.73 Å². The van der Waals surface area contributed by atoms with Gasteiger partial charge in [-0.2, -0.15) is 0 Å². The summed E-state index contributed by atoms with van der Waals surface area (Å²) in [7, 11) is 2.20. The van der Waals surface area contributed by atoms with Crippen molar-refractivity contribution in [1.29, 1.82) is 0 Å². The molecule has 1 aliphatic heterocycles. The van der Waals surface area contributed by atoms with E-state index in [2.05, 4.69) is 55.8 Å². The van der Waals surface area contributed by atoms with E-state index in [1.54, 1.807) is 0 Å². The van der Waals surface area contributed by atoms with E-state index in [4.69, 9.17) is 5.73 Å². The van der Waals surface area contributed by atoms with Gasteiger partial charge in [0.2, 0.25) is 0 Å². The summed E-state index contributed by atoms with van der Waals surface area (Å²) in [5.41, 5.74) is 10.1. The van der Waals surface area contributed by atoms with Gasteiger partial charge in [0, 0.05) is 24.8 Å². The van der Waals surface area contributed by atoms with Crippen LogP contribution in [-0.4, -0.2) is 43.7 Å². The Hall–Kier alpha value is -1.06. The molecule has 1 saturated heterocycles. The number of rotatable bonds is 2. The molecule has 1 aromatic carbocycles. The fourth-order valence-corrected chi connectivity index (χ4v) is 3.07. The lowest BCUT2D eigenvalue weighted by atomic mass is 10.0. The van der Waals surface area contributed by atoms with Gasteiger partial charge < -0.3 is 15.5 Å². The Labute approximate surface area is 117 Å². The van der Waals surface area contributed by atoms with E-state index in [1.165, 1.54) is 23.2 Å². The number of aryl methyl sites for hydroxylation is 2. The van der Waals surface area contributed by atoms with E-state index >= 15 is 0 Å². The summed E-state index contributed by atoms with van der Waals surface area (Å²) >= 11 is 0.